The van der Waals surface area contributed by atoms with Gasteiger partial charge in [0.25, 0.3) is 0 Å². The molecule has 0 unspecified atom stereocenters. The van der Waals surface area contributed by atoms with E-state index in [1.165, 1.54) is 47.8 Å². The van der Waals surface area contributed by atoms with Crippen molar-refractivity contribution in [2.24, 2.45) is 0 Å². The summed E-state index contributed by atoms with van der Waals surface area (Å²) in [7, 11) is -3.49. The number of anilines is 1. The average molecular weight is 400 g/mol. The second-order valence-corrected chi connectivity index (χ2v) is 8.93. The monoisotopic (exact) mass is 399 g/mol. The topological polar surface area (TPSA) is 69.7 Å². The largest absolute Gasteiger partial charge is 0.356 e. The van der Waals surface area contributed by atoms with Gasteiger partial charge in [0.15, 0.2) is 0 Å². The van der Waals surface area contributed by atoms with Crippen molar-refractivity contribution >= 4 is 21.6 Å². The van der Waals surface area contributed by atoms with E-state index < -0.39 is 15.8 Å². The van der Waals surface area contributed by atoms with Crippen LogP contribution in [0.5, 0.6) is 0 Å². The van der Waals surface area contributed by atoms with Crippen LogP contribution in [0.4, 0.5) is 10.1 Å². The molecule has 2 rings (SSSR count). The zero-order chi connectivity index (χ0) is 19.7. The van der Waals surface area contributed by atoms with Gasteiger partial charge in [0, 0.05) is 19.5 Å². The normalized spacial score (nSPS) is 15.5. The zero-order valence-corrected chi connectivity index (χ0v) is 16.8. The van der Waals surface area contributed by atoms with Crippen LogP contribution in [0.2, 0.25) is 0 Å². The summed E-state index contributed by atoms with van der Waals surface area (Å²) >= 11 is 0. The van der Waals surface area contributed by atoms with Crippen LogP contribution >= 0.6 is 0 Å². The first-order valence-corrected chi connectivity index (χ1v) is 11.4. The van der Waals surface area contributed by atoms with Crippen LogP contribution in [0.1, 0.15) is 38.5 Å². The van der Waals surface area contributed by atoms with E-state index in [2.05, 4.69) is 10.2 Å². The Hall–Kier alpha value is -1.67. The highest BCUT2D eigenvalue weighted by atomic mass is 32.2. The number of carbonyl (C=O) groups is 1. The summed E-state index contributed by atoms with van der Waals surface area (Å²) in [5.41, 5.74) is 0.404. The van der Waals surface area contributed by atoms with E-state index in [9.17, 15) is 17.6 Å². The maximum absolute atomic E-state index is 13.0. The Bertz CT molecular complexity index is 689. The lowest BCUT2D eigenvalue weighted by Gasteiger charge is -2.26. The molecule has 1 fully saturated rings. The summed E-state index contributed by atoms with van der Waals surface area (Å²) in [6.45, 7) is 4.14. The lowest BCUT2D eigenvalue weighted by atomic mass is 10.1. The number of sulfonamides is 1. The third-order valence-electron chi connectivity index (χ3n) is 4.70. The number of carbonyl (C=O) groups excluding carboxylic acids is 1. The minimum absolute atomic E-state index is 0.0683. The van der Waals surface area contributed by atoms with Crippen molar-refractivity contribution in [3.8, 4) is 0 Å². The van der Waals surface area contributed by atoms with Gasteiger partial charge in [-0.2, -0.15) is 0 Å². The molecule has 1 aliphatic rings. The summed E-state index contributed by atoms with van der Waals surface area (Å²) in [5, 5.41) is 2.90. The molecular weight excluding hydrogens is 369 g/mol. The van der Waals surface area contributed by atoms with E-state index in [4.69, 9.17) is 0 Å². The van der Waals surface area contributed by atoms with Gasteiger partial charge < -0.3 is 10.2 Å². The molecule has 152 valence electrons. The number of piperidine rings is 1. The fraction of sp³-hybridized carbons (Fsp3) is 0.632. The van der Waals surface area contributed by atoms with Gasteiger partial charge in [0.1, 0.15) is 5.82 Å². The summed E-state index contributed by atoms with van der Waals surface area (Å²) in [5.74, 6) is -0.489. The highest BCUT2D eigenvalue weighted by molar-refractivity contribution is 7.92. The maximum atomic E-state index is 13.0. The fourth-order valence-electron chi connectivity index (χ4n) is 3.28. The molecule has 1 aliphatic heterocycles. The smallest absolute Gasteiger partial charge is 0.232 e. The van der Waals surface area contributed by atoms with Crippen LogP contribution in [0.15, 0.2) is 24.3 Å². The lowest BCUT2D eigenvalue weighted by Crippen LogP contribution is -2.34. The third kappa shape index (κ3) is 7.84. The van der Waals surface area contributed by atoms with E-state index in [-0.39, 0.29) is 18.9 Å². The van der Waals surface area contributed by atoms with Gasteiger partial charge in [-0.25, -0.2) is 12.8 Å². The second kappa shape index (κ2) is 10.6. The SMILES string of the molecule is CS(=O)(=O)N(CCCC(=O)NCCCN1CCCCC1)c1ccc(F)cc1. The molecule has 0 radical (unpaired) electrons. The van der Waals surface area contributed by atoms with E-state index in [0.29, 0.717) is 18.7 Å². The van der Waals surface area contributed by atoms with Crippen LogP contribution in [-0.4, -0.2) is 58.2 Å². The Morgan fingerprint density at radius 3 is 2.44 bits per heavy atom. The first kappa shape index (κ1) is 21.6. The standard InChI is InChI=1S/C19H30FN3O3S/c1-27(25,26)23(18-10-8-17(20)9-11-18)16-5-7-19(24)21-12-6-15-22-13-3-2-4-14-22/h8-11H,2-7,12-16H2,1H3,(H,21,24). The molecule has 1 N–H and O–H groups in total. The Labute approximate surface area is 161 Å². The molecule has 6 nitrogen and oxygen atoms in total. The van der Waals surface area contributed by atoms with Crippen LogP contribution < -0.4 is 9.62 Å². The number of amides is 1. The Morgan fingerprint density at radius 1 is 1.15 bits per heavy atom. The summed E-state index contributed by atoms with van der Waals surface area (Å²) in [4.78, 5) is 14.4. The third-order valence-corrected chi connectivity index (χ3v) is 5.90. The minimum Gasteiger partial charge on any atom is -0.356 e. The van der Waals surface area contributed by atoms with Gasteiger partial charge in [-0.15, -0.1) is 0 Å². The molecule has 0 aromatic heterocycles. The number of likely N-dealkylation sites (tertiary alicyclic amines) is 1. The van der Waals surface area contributed by atoms with Crippen molar-refractivity contribution in [1.82, 2.24) is 10.2 Å². The lowest BCUT2D eigenvalue weighted by molar-refractivity contribution is -0.121. The van der Waals surface area contributed by atoms with Crippen LogP contribution in [0.3, 0.4) is 0 Å². The number of rotatable bonds is 10. The fourth-order valence-corrected chi connectivity index (χ4v) is 4.24. The van der Waals surface area contributed by atoms with Gasteiger partial charge in [-0.3, -0.25) is 9.10 Å². The zero-order valence-electron chi connectivity index (χ0n) is 16.0. The van der Waals surface area contributed by atoms with Crippen molar-refractivity contribution in [2.45, 2.75) is 38.5 Å². The molecule has 1 aromatic carbocycles. The molecule has 8 heteroatoms. The van der Waals surface area contributed by atoms with Gasteiger partial charge in [-0.1, -0.05) is 6.42 Å². The first-order valence-electron chi connectivity index (χ1n) is 9.58. The summed E-state index contributed by atoms with van der Waals surface area (Å²) < 4.78 is 38.2. The van der Waals surface area contributed by atoms with E-state index in [1.54, 1.807) is 0 Å². The molecule has 0 spiro atoms. The van der Waals surface area contributed by atoms with Gasteiger partial charge in [-0.05, 0) is 69.6 Å². The molecule has 0 atom stereocenters. The molecule has 0 saturated carbocycles. The van der Waals surface area contributed by atoms with Crippen LogP contribution in [0.25, 0.3) is 0 Å². The average Bonchev–Trinajstić information content (AvgIpc) is 2.63. The van der Waals surface area contributed by atoms with Crippen molar-refractivity contribution in [3.05, 3.63) is 30.1 Å². The Kier molecular flexibility index (Phi) is 8.50. The molecule has 27 heavy (non-hydrogen) atoms. The number of nitrogens with one attached hydrogen (secondary N) is 1. The predicted molar refractivity (Wildman–Crippen MR) is 106 cm³/mol. The van der Waals surface area contributed by atoms with E-state index in [1.807, 2.05) is 0 Å². The van der Waals surface area contributed by atoms with Crippen molar-refractivity contribution in [2.75, 3.05) is 43.3 Å². The molecule has 1 aromatic rings. The number of hydrogen-bond acceptors (Lipinski definition) is 4. The minimum atomic E-state index is -3.49. The Morgan fingerprint density at radius 2 is 1.81 bits per heavy atom. The molecule has 0 bridgehead atoms. The van der Waals surface area contributed by atoms with Crippen molar-refractivity contribution in [3.63, 3.8) is 0 Å². The van der Waals surface area contributed by atoms with Gasteiger partial charge in [0.05, 0.1) is 11.9 Å². The number of hydrogen-bond donors (Lipinski definition) is 1. The molecular formula is C19H30FN3O3S. The number of nitrogens with zero attached hydrogens (tertiary/aromatic N) is 2. The molecule has 0 aliphatic carbocycles. The molecule has 1 amide bonds. The predicted octanol–water partition coefficient (Wildman–Crippen LogP) is 2.36. The summed E-state index contributed by atoms with van der Waals surface area (Å²) in [6.07, 6.45) is 6.54. The molecule has 1 saturated heterocycles. The van der Waals surface area contributed by atoms with E-state index >= 15 is 0 Å². The summed E-state index contributed by atoms with van der Waals surface area (Å²) in [6, 6.07) is 5.30. The van der Waals surface area contributed by atoms with Gasteiger partial charge >= 0.3 is 0 Å². The highest BCUT2D eigenvalue weighted by Crippen LogP contribution is 2.18. The maximum Gasteiger partial charge on any atom is 0.232 e. The van der Waals surface area contributed by atoms with Crippen LogP contribution in [-0.2, 0) is 14.8 Å². The quantitative estimate of drug-likeness (QED) is 0.613. The van der Waals surface area contributed by atoms with Crippen molar-refractivity contribution in [1.29, 1.82) is 0 Å². The highest BCUT2D eigenvalue weighted by Gasteiger charge is 2.17. The first-order chi connectivity index (χ1) is 12.9. The van der Waals surface area contributed by atoms with Crippen LogP contribution in [0, 0.1) is 5.82 Å². The Balaban J connectivity index is 1.69. The number of halogens is 1. The number of benzene rings is 1. The molecule has 1 heterocycles. The van der Waals surface area contributed by atoms with Gasteiger partial charge in [0.2, 0.25) is 15.9 Å². The second-order valence-electron chi connectivity index (χ2n) is 7.02. The van der Waals surface area contributed by atoms with Crippen molar-refractivity contribution < 1.29 is 17.6 Å². The van der Waals surface area contributed by atoms with E-state index in [0.717, 1.165) is 32.3 Å².